The molecule has 0 aliphatic heterocycles. The summed E-state index contributed by atoms with van der Waals surface area (Å²) in [6.45, 7) is 4.53. The normalized spacial score (nSPS) is 14.5. The van der Waals surface area contributed by atoms with E-state index in [0.717, 1.165) is 0 Å². The Bertz CT molecular complexity index is 155. The molecule has 19 heavy (non-hydrogen) atoms. The molecule has 0 radical (unpaired) electrons. The molecular formula is C16H34S3. The fourth-order valence-electron chi connectivity index (χ4n) is 2.12. The van der Waals surface area contributed by atoms with Crippen LogP contribution < -0.4 is 0 Å². The maximum absolute atomic E-state index is 4.69. The summed E-state index contributed by atoms with van der Waals surface area (Å²) >= 11 is 11.4. The predicted octanol–water partition coefficient (Wildman–Crippen LogP) is 6.26. The molecule has 0 aromatic heterocycles. The van der Waals surface area contributed by atoms with E-state index in [1.807, 2.05) is 11.8 Å². The van der Waals surface area contributed by atoms with E-state index < -0.39 is 0 Å². The molecule has 0 saturated carbocycles. The van der Waals surface area contributed by atoms with Crippen molar-refractivity contribution in [3.8, 4) is 0 Å². The van der Waals surface area contributed by atoms with Gasteiger partial charge in [0.15, 0.2) is 0 Å². The number of unbranched alkanes of at least 4 members (excludes halogenated alkanes) is 6. The predicted molar refractivity (Wildman–Crippen MR) is 100 cm³/mol. The summed E-state index contributed by atoms with van der Waals surface area (Å²) < 4.78 is 0. The van der Waals surface area contributed by atoms with E-state index in [0.29, 0.717) is 10.5 Å². The van der Waals surface area contributed by atoms with Gasteiger partial charge in [-0.25, -0.2) is 0 Å². The number of hydrogen-bond acceptors (Lipinski definition) is 3. The molecule has 2 atom stereocenters. The molecule has 0 heterocycles. The third-order valence-corrected chi connectivity index (χ3v) is 6.05. The maximum atomic E-state index is 4.69. The van der Waals surface area contributed by atoms with Crippen LogP contribution in [0.15, 0.2) is 0 Å². The van der Waals surface area contributed by atoms with Crippen LogP contribution in [-0.2, 0) is 0 Å². The van der Waals surface area contributed by atoms with Crippen LogP contribution in [0.3, 0.4) is 0 Å². The maximum Gasteiger partial charge on any atom is 0.0107 e. The fraction of sp³-hybridized carbons (Fsp3) is 1.00. The molecule has 0 aromatic rings. The van der Waals surface area contributed by atoms with Crippen LogP contribution in [0.4, 0.5) is 0 Å². The lowest BCUT2D eigenvalue weighted by Crippen LogP contribution is -2.08. The van der Waals surface area contributed by atoms with E-state index in [1.54, 1.807) is 0 Å². The average Bonchev–Trinajstić information content (AvgIpc) is 2.40. The first kappa shape index (κ1) is 20.1. The first-order valence-electron chi connectivity index (χ1n) is 8.14. The van der Waals surface area contributed by atoms with E-state index in [2.05, 4.69) is 39.1 Å². The van der Waals surface area contributed by atoms with Crippen molar-refractivity contribution >= 4 is 37.0 Å². The minimum Gasteiger partial charge on any atom is -0.175 e. The number of hydrogen-bond donors (Lipinski definition) is 2. The van der Waals surface area contributed by atoms with Crippen molar-refractivity contribution in [3.63, 3.8) is 0 Å². The van der Waals surface area contributed by atoms with Crippen molar-refractivity contribution in [1.82, 2.24) is 0 Å². The van der Waals surface area contributed by atoms with Gasteiger partial charge in [0.05, 0.1) is 0 Å². The van der Waals surface area contributed by atoms with Gasteiger partial charge in [-0.2, -0.15) is 37.0 Å². The van der Waals surface area contributed by atoms with E-state index in [4.69, 9.17) is 0 Å². The summed E-state index contributed by atoms with van der Waals surface area (Å²) in [5, 5.41) is 1.17. The third-order valence-electron chi connectivity index (χ3n) is 3.40. The quantitative estimate of drug-likeness (QED) is 0.281. The molecule has 0 aliphatic rings. The monoisotopic (exact) mass is 322 g/mol. The van der Waals surface area contributed by atoms with Crippen LogP contribution >= 0.6 is 37.0 Å². The summed E-state index contributed by atoms with van der Waals surface area (Å²) in [7, 11) is 0. The van der Waals surface area contributed by atoms with Crippen LogP contribution in [-0.4, -0.2) is 22.0 Å². The minimum atomic E-state index is 0.586. The summed E-state index contributed by atoms with van der Waals surface area (Å²) in [4.78, 5) is 0. The minimum absolute atomic E-state index is 0.586. The van der Waals surface area contributed by atoms with Crippen LogP contribution in [0.2, 0.25) is 0 Å². The van der Waals surface area contributed by atoms with E-state index in [1.165, 1.54) is 75.7 Å². The van der Waals surface area contributed by atoms with Crippen LogP contribution in [0.1, 0.15) is 78.1 Å². The average molecular weight is 323 g/mol. The second-order valence-electron chi connectivity index (χ2n) is 5.54. The molecule has 0 aromatic carbocycles. The van der Waals surface area contributed by atoms with Gasteiger partial charge in [-0.3, -0.25) is 0 Å². The van der Waals surface area contributed by atoms with E-state index >= 15 is 0 Å². The molecule has 0 aliphatic carbocycles. The lowest BCUT2D eigenvalue weighted by atomic mass is 10.1. The number of thioether (sulfide) groups is 1. The highest BCUT2D eigenvalue weighted by molar-refractivity contribution is 8.00. The molecule has 0 N–H and O–H groups in total. The van der Waals surface area contributed by atoms with Gasteiger partial charge in [0.1, 0.15) is 0 Å². The zero-order valence-electron chi connectivity index (χ0n) is 12.9. The van der Waals surface area contributed by atoms with Crippen molar-refractivity contribution in [2.45, 2.75) is 88.6 Å². The Kier molecular flexibility index (Phi) is 16.3. The molecule has 116 valence electrons. The number of rotatable bonds is 14. The highest BCUT2D eigenvalue weighted by Crippen LogP contribution is 2.19. The first-order chi connectivity index (χ1) is 9.20. The first-order valence-corrected chi connectivity index (χ1v) is 10.3. The Labute approximate surface area is 137 Å². The number of thiol groups is 2. The molecule has 2 unspecified atom stereocenters. The van der Waals surface area contributed by atoms with Crippen LogP contribution in [0, 0.1) is 0 Å². The molecule has 0 spiro atoms. The van der Waals surface area contributed by atoms with Gasteiger partial charge in [0, 0.05) is 22.0 Å². The van der Waals surface area contributed by atoms with Crippen LogP contribution in [0.5, 0.6) is 0 Å². The SMILES string of the molecule is CCCCCCC(S)CSCC(S)CCCCCC. The van der Waals surface area contributed by atoms with Crippen molar-refractivity contribution in [2.75, 3.05) is 11.5 Å². The smallest absolute Gasteiger partial charge is 0.0107 e. The highest BCUT2D eigenvalue weighted by Gasteiger charge is 2.06. The zero-order valence-corrected chi connectivity index (χ0v) is 15.5. The van der Waals surface area contributed by atoms with Crippen molar-refractivity contribution in [1.29, 1.82) is 0 Å². The lowest BCUT2D eigenvalue weighted by molar-refractivity contribution is 0.631. The van der Waals surface area contributed by atoms with Gasteiger partial charge >= 0.3 is 0 Å². The largest absolute Gasteiger partial charge is 0.175 e. The fourth-order valence-corrected chi connectivity index (χ4v) is 4.13. The molecule has 0 bridgehead atoms. The Morgan fingerprint density at radius 2 is 1.11 bits per heavy atom. The molecule has 0 nitrogen and oxygen atoms in total. The molecule has 0 saturated heterocycles. The second kappa shape index (κ2) is 15.4. The Morgan fingerprint density at radius 1 is 0.684 bits per heavy atom. The van der Waals surface area contributed by atoms with Gasteiger partial charge in [0.25, 0.3) is 0 Å². The lowest BCUT2D eigenvalue weighted by Gasteiger charge is -2.13. The standard InChI is InChI=1S/C16H34S3/c1-3-5-7-9-11-15(17)13-19-14-16(18)12-10-8-6-4-2/h15-18H,3-14H2,1-2H3. The van der Waals surface area contributed by atoms with Gasteiger partial charge in [0.2, 0.25) is 0 Å². The van der Waals surface area contributed by atoms with Gasteiger partial charge in [-0.05, 0) is 12.8 Å². The molecule has 0 rings (SSSR count). The molecule has 3 heteroatoms. The highest BCUT2D eigenvalue weighted by atomic mass is 32.2. The van der Waals surface area contributed by atoms with Crippen LogP contribution in [0.25, 0.3) is 0 Å². The molecular weight excluding hydrogens is 288 g/mol. The van der Waals surface area contributed by atoms with Gasteiger partial charge in [-0.15, -0.1) is 0 Å². The molecule has 0 amide bonds. The third kappa shape index (κ3) is 15.3. The summed E-state index contributed by atoms with van der Waals surface area (Å²) in [6, 6.07) is 0. The summed E-state index contributed by atoms with van der Waals surface area (Å²) in [5.74, 6) is 2.39. The van der Waals surface area contributed by atoms with Gasteiger partial charge in [-0.1, -0.05) is 65.2 Å². The Morgan fingerprint density at radius 3 is 1.47 bits per heavy atom. The topological polar surface area (TPSA) is 0 Å². The van der Waals surface area contributed by atoms with Gasteiger partial charge < -0.3 is 0 Å². The van der Waals surface area contributed by atoms with Crippen molar-refractivity contribution in [2.24, 2.45) is 0 Å². The zero-order chi connectivity index (χ0) is 14.3. The molecule has 0 fully saturated rings. The van der Waals surface area contributed by atoms with Crippen molar-refractivity contribution in [3.05, 3.63) is 0 Å². The summed E-state index contributed by atoms with van der Waals surface area (Å²) in [5.41, 5.74) is 0. The Hall–Kier alpha value is 1.05. The second-order valence-corrected chi connectivity index (χ2v) is 8.08. The van der Waals surface area contributed by atoms with E-state index in [9.17, 15) is 0 Å². The van der Waals surface area contributed by atoms with E-state index in [-0.39, 0.29) is 0 Å². The Balaban J connectivity index is 3.30. The van der Waals surface area contributed by atoms with Crippen molar-refractivity contribution < 1.29 is 0 Å². The summed E-state index contributed by atoms with van der Waals surface area (Å²) in [6.07, 6.45) is 13.4.